The molecule has 4 heteroatoms. The van der Waals surface area contributed by atoms with E-state index < -0.39 is 0 Å². The summed E-state index contributed by atoms with van der Waals surface area (Å²) in [6.07, 6.45) is 2.82. The first-order chi connectivity index (χ1) is 9.70. The van der Waals surface area contributed by atoms with Crippen LogP contribution in [0.1, 0.15) is 38.7 Å². The molecule has 0 bridgehead atoms. The molecule has 1 heterocycles. The molecular weight excluding hydrogens is 250 g/mol. The Morgan fingerprint density at radius 2 is 2.25 bits per heavy atom. The average molecular weight is 275 g/mol. The summed E-state index contributed by atoms with van der Waals surface area (Å²) >= 11 is 0. The number of carbonyl (C=O) groups excluding carboxylic acids is 1. The molecule has 1 fully saturated rings. The molecule has 0 aliphatic carbocycles. The average Bonchev–Trinajstić information content (AvgIpc) is 2.95. The minimum absolute atomic E-state index is 0.0955. The van der Waals surface area contributed by atoms with E-state index in [9.17, 15) is 4.79 Å². The lowest BCUT2D eigenvalue weighted by atomic mass is 9.93. The van der Waals surface area contributed by atoms with Gasteiger partial charge in [-0.05, 0) is 50.0 Å². The second kappa shape index (κ2) is 6.86. The van der Waals surface area contributed by atoms with Gasteiger partial charge in [-0.25, -0.2) is 0 Å². The highest BCUT2D eigenvalue weighted by molar-refractivity contribution is 5.98. The number of nitrogens with one attached hydrogen (secondary N) is 3. The minimum atomic E-state index is -0.377. The predicted octanol–water partition coefficient (Wildman–Crippen LogP) is 2.27. The number of carbonyl (C=O) groups is 1. The summed E-state index contributed by atoms with van der Waals surface area (Å²) in [5.74, 6) is 0.0955. The Kier molecular flexibility index (Phi) is 5.15. The number of hydrogen-bond acceptors (Lipinski definition) is 3. The number of hydrogen-bond donors (Lipinski definition) is 3. The van der Waals surface area contributed by atoms with Crippen LogP contribution < -0.4 is 16.0 Å². The van der Waals surface area contributed by atoms with Gasteiger partial charge in [0.25, 0.3) is 0 Å². The molecule has 1 unspecified atom stereocenters. The molecule has 4 nitrogen and oxygen atoms in total. The molecule has 0 saturated carbocycles. The van der Waals surface area contributed by atoms with Crippen molar-refractivity contribution in [1.82, 2.24) is 10.6 Å². The van der Waals surface area contributed by atoms with E-state index in [1.807, 2.05) is 18.2 Å². The van der Waals surface area contributed by atoms with Gasteiger partial charge in [0, 0.05) is 12.2 Å². The lowest BCUT2D eigenvalue weighted by Crippen LogP contribution is -2.50. The molecule has 1 aliphatic heterocycles. The predicted molar refractivity (Wildman–Crippen MR) is 82.7 cm³/mol. The van der Waals surface area contributed by atoms with Gasteiger partial charge < -0.3 is 16.0 Å². The molecule has 1 aromatic carbocycles. The van der Waals surface area contributed by atoms with Crippen molar-refractivity contribution >= 4 is 11.6 Å². The largest absolute Gasteiger partial charge is 0.324 e. The summed E-state index contributed by atoms with van der Waals surface area (Å²) in [6, 6.07) is 8.05. The first-order valence-electron chi connectivity index (χ1n) is 7.56. The van der Waals surface area contributed by atoms with Crippen molar-refractivity contribution in [2.45, 2.75) is 45.2 Å². The molecule has 1 amide bonds. The Hall–Kier alpha value is -1.39. The van der Waals surface area contributed by atoms with Crippen molar-refractivity contribution in [2.24, 2.45) is 0 Å². The van der Waals surface area contributed by atoms with Crippen LogP contribution in [0.15, 0.2) is 24.3 Å². The smallest absolute Gasteiger partial charge is 0.244 e. The molecule has 110 valence electrons. The van der Waals surface area contributed by atoms with Crippen LogP contribution in [0.5, 0.6) is 0 Å². The molecular formula is C16H25N3O. The SMILES string of the molecule is CCNCc1cccc(NC(=O)C2(CC)CCCN2)c1. The third-order valence-electron chi connectivity index (χ3n) is 4.05. The van der Waals surface area contributed by atoms with Crippen LogP contribution >= 0.6 is 0 Å². The monoisotopic (exact) mass is 275 g/mol. The summed E-state index contributed by atoms with van der Waals surface area (Å²) in [5, 5.41) is 9.72. The van der Waals surface area contributed by atoms with E-state index in [2.05, 4.69) is 35.9 Å². The zero-order valence-electron chi connectivity index (χ0n) is 12.5. The highest BCUT2D eigenvalue weighted by Crippen LogP contribution is 2.25. The second-order valence-corrected chi connectivity index (χ2v) is 5.40. The van der Waals surface area contributed by atoms with Crippen LogP contribution in [0.2, 0.25) is 0 Å². The molecule has 0 spiro atoms. The van der Waals surface area contributed by atoms with E-state index in [1.165, 1.54) is 5.56 Å². The second-order valence-electron chi connectivity index (χ2n) is 5.40. The summed E-state index contributed by atoms with van der Waals surface area (Å²) in [4.78, 5) is 12.5. The van der Waals surface area contributed by atoms with E-state index in [-0.39, 0.29) is 11.4 Å². The van der Waals surface area contributed by atoms with Gasteiger partial charge in [0.2, 0.25) is 5.91 Å². The maximum absolute atomic E-state index is 12.5. The Bertz CT molecular complexity index is 453. The fourth-order valence-electron chi connectivity index (χ4n) is 2.74. The van der Waals surface area contributed by atoms with Crippen LogP contribution in [0.4, 0.5) is 5.69 Å². The third kappa shape index (κ3) is 3.38. The molecule has 20 heavy (non-hydrogen) atoms. The van der Waals surface area contributed by atoms with Crippen molar-refractivity contribution in [2.75, 3.05) is 18.4 Å². The molecule has 3 N–H and O–H groups in total. The van der Waals surface area contributed by atoms with Gasteiger partial charge in [-0.15, -0.1) is 0 Å². The van der Waals surface area contributed by atoms with Crippen LogP contribution in [0.25, 0.3) is 0 Å². The Labute approximate surface area is 121 Å². The lowest BCUT2D eigenvalue weighted by molar-refractivity contribution is -0.122. The molecule has 1 aliphatic rings. The van der Waals surface area contributed by atoms with Crippen molar-refractivity contribution in [1.29, 1.82) is 0 Å². The highest BCUT2D eigenvalue weighted by Gasteiger charge is 2.38. The van der Waals surface area contributed by atoms with Gasteiger partial charge in [-0.2, -0.15) is 0 Å². The summed E-state index contributed by atoms with van der Waals surface area (Å²) in [7, 11) is 0. The molecule has 2 rings (SSSR count). The van der Waals surface area contributed by atoms with Crippen LogP contribution in [0, 0.1) is 0 Å². The molecule has 1 saturated heterocycles. The first-order valence-corrected chi connectivity index (χ1v) is 7.56. The Morgan fingerprint density at radius 1 is 1.40 bits per heavy atom. The Balaban J connectivity index is 2.03. The summed E-state index contributed by atoms with van der Waals surface area (Å²) < 4.78 is 0. The molecule has 0 aromatic heterocycles. The molecule has 1 atom stereocenters. The lowest BCUT2D eigenvalue weighted by Gasteiger charge is -2.26. The van der Waals surface area contributed by atoms with Crippen molar-refractivity contribution in [3.8, 4) is 0 Å². The number of rotatable bonds is 6. The topological polar surface area (TPSA) is 53.2 Å². The molecule has 0 radical (unpaired) electrons. The first kappa shape index (κ1) is 15.0. The van der Waals surface area contributed by atoms with Gasteiger partial charge >= 0.3 is 0 Å². The fraction of sp³-hybridized carbons (Fsp3) is 0.562. The van der Waals surface area contributed by atoms with E-state index >= 15 is 0 Å². The van der Waals surface area contributed by atoms with E-state index in [0.29, 0.717) is 0 Å². The summed E-state index contributed by atoms with van der Waals surface area (Å²) in [6.45, 7) is 6.86. The Morgan fingerprint density at radius 3 is 2.90 bits per heavy atom. The van der Waals surface area contributed by atoms with Crippen molar-refractivity contribution < 1.29 is 4.79 Å². The van der Waals surface area contributed by atoms with Crippen molar-refractivity contribution in [3.05, 3.63) is 29.8 Å². The van der Waals surface area contributed by atoms with E-state index in [1.54, 1.807) is 0 Å². The van der Waals surface area contributed by atoms with Crippen molar-refractivity contribution in [3.63, 3.8) is 0 Å². The number of benzene rings is 1. The van der Waals surface area contributed by atoms with Gasteiger partial charge in [0.05, 0.1) is 5.54 Å². The zero-order chi connectivity index (χ0) is 14.4. The van der Waals surface area contributed by atoms with Crippen LogP contribution in [-0.2, 0) is 11.3 Å². The summed E-state index contributed by atoms with van der Waals surface area (Å²) in [5.41, 5.74) is 1.69. The third-order valence-corrected chi connectivity index (χ3v) is 4.05. The van der Waals surface area contributed by atoms with Crippen LogP contribution in [0.3, 0.4) is 0 Å². The van der Waals surface area contributed by atoms with E-state index in [0.717, 1.165) is 44.6 Å². The van der Waals surface area contributed by atoms with E-state index in [4.69, 9.17) is 0 Å². The highest BCUT2D eigenvalue weighted by atomic mass is 16.2. The van der Waals surface area contributed by atoms with Gasteiger partial charge in [0.15, 0.2) is 0 Å². The van der Waals surface area contributed by atoms with Gasteiger partial charge in [0.1, 0.15) is 0 Å². The van der Waals surface area contributed by atoms with Gasteiger partial charge in [-0.3, -0.25) is 4.79 Å². The number of anilines is 1. The minimum Gasteiger partial charge on any atom is -0.324 e. The normalized spacial score (nSPS) is 21.9. The quantitative estimate of drug-likeness (QED) is 0.746. The number of amides is 1. The van der Waals surface area contributed by atoms with Crippen LogP contribution in [-0.4, -0.2) is 24.5 Å². The maximum Gasteiger partial charge on any atom is 0.244 e. The van der Waals surface area contributed by atoms with Gasteiger partial charge in [-0.1, -0.05) is 26.0 Å². The standard InChI is InChI=1S/C16H25N3O/c1-3-16(9-6-10-18-16)15(20)19-14-8-5-7-13(11-14)12-17-4-2/h5,7-8,11,17-18H,3-4,6,9-10,12H2,1-2H3,(H,19,20). The molecule has 1 aromatic rings. The maximum atomic E-state index is 12.5. The zero-order valence-corrected chi connectivity index (χ0v) is 12.5. The fourth-order valence-corrected chi connectivity index (χ4v) is 2.74.